The number of aliphatic hydroxyl groups is 1. The van der Waals surface area contributed by atoms with E-state index in [1.165, 1.54) is 30.5 Å². The van der Waals surface area contributed by atoms with Crippen LogP contribution in [0.2, 0.25) is 0 Å². The molecule has 3 atom stereocenters. The van der Waals surface area contributed by atoms with E-state index in [1.54, 1.807) is 0 Å². The summed E-state index contributed by atoms with van der Waals surface area (Å²) in [6.07, 6.45) is -1.31. The summed E-state index contributed by atoms with van der Waals surface area (Å²) >= 11 is 0. The van der Waals surface area contributed by atoms with Crippen molar-refractivity contribution in [3.8, 4) is 0 Å². The van der Waals surface area contributed by atoms with Gasteiger partial charge in [-0.3, -0.25) is 4.79 Å². The molecular formula is C22H27F3N2O4. The van der Waals surface area contributed by atoms with E-state index in [4.69, 9.17) is 9.90 Å². The highest BCUT2D eigenvalue weighted by atomic mass is 19.4. The Balaban J connectivity index is 0.000000289. The zero-order chi connectivity index (χ0) is 22.3. The maximum atomic E-state index is 12.6. The predicted molar refractivity (Wildman–Crippen MR) is 105 cm³/mol. The van der Waals surface area contributed by atoms with Crippen molar-refractivity contribution in [2.24, 2.45) is 17.8 Å². The van der Waals surface area contributed by atoms with Gasteiger partial charge in [0.2, 0.25) is 5.91 Å². The smallest absolute Gasteiger partial charge is 0.475 e. The molecule has 0 radical (unpaired) electrons. The minimum Gasteiger partial charge on any atom is -0.475 e. The molecule has 0 aromatic heterocycles. The molecule has 0 bridgehead atoms. The van der Waals surface area contributed by atoms with E-state index in [-0.39, 0.29) is 24.0 Å². The number of amides is 1. The fourth-order valence-corrected chi connectivity index (χ4v) is 5.02. The lowest BCUT2D eigenvalue weighted by Gasteiger charge is -2.32. The summed E-state index contributed by atoms with van der Waals surface area (Å²) in [5.41, 5.74) is 2.77. The summed E-state index contributed by atoms with van der Waals surface area (Å²) in [6, 6.07) is 8.83. The number of carbonyl (C=O) groups excluding carboxylic acids is 1. The maximum Gasteiger partial charge on any atom is 0.490 e. The number of carboxylic acid groups (broad SMARTS) is 1. The monoisotopic (exact) mass is 440 g/mol. The first-order valence-corrected chi connectivity index (χ1v) is 10.7. The molecule has 3 aliphatic carbocycles. The topological polar surface area (TPSA) is 89.9 Å². The van der Waals surface area contributed by atoms with Crippen LogP contribution in [0, 0.1) is 17.8 Å². The van der Waals surface area contributed by atoms with Crippen LogP contribution < -0.4 is 5.32 Å². The number of alkyl halides is 3. The van der Waals surface area contributed by atoms with Crippen LogP contribution in [0.25, 0.3) is 0 Å². The van der Waals surface area contributed by atoms with Gasteiger partial charge in [0, 0.05) is 37.4 Å². The number of benzene rings is 1. The predicted octanol–water partition coefficient (Wildman–Crippen LogP) is 2.69. The van der Waals surface area contributed by atoms with Crippen LogP contribution in [0.5, 0.6) is 0 Å². The quantitative estimate of drug-likeness (QED) is 0.670. The number of hydrogen-bond donors (Lipinski definition) is 3. The first-order valence-electron chi connectivity index (χ1n) is 10.7. The molecule has 0 unspecified atom stereocenters. The number of nitrogens with one attached hydrogen (secondary N) is 1. The van der Waals surface area contributed by atoms with Gasteiger partial charge in [0.15, 0.2) is 0 Å². The number of halogens is 3. The van der Waals surface area contributed by atoms with Crippen LogP contribution >= 0.6 is 0 Å². The Labute approximate surface area is 178 Å². The summed E-state index contributed by atoms with van der Waals surface area (Å²) in [5, 5.41) is 19.9. The third-order valence-corrected chi connectivity index (χ3v) is 6.84. The van der Waals surface area contributed by atoms with Gasteiger partial charge in [-0.25, -0.2) is 4.79 Å². The normalized spacial score (nSPS) is 31.7. The van der Waals surface area contributed by atoms with Gasteiger partial charge in [-0.15, -0.1) is 0 Å². The number of aliphatic carboxylic acids is 1. The first kappa shape index (κ1) is 22.1. The van der Waals surface area contributed by atoms with E-state index in [0.717, 1.165) is 19.0 Å². The molecule has 1 amide bonds. The number of likely N-dealkylation sites (tertiary alicyclic amines) is 1. The maximum absolute atomic E-state index is 12.6. The lowest BCUT2D eigenvalue weighted by molar-refractivity contribution is -0.192. The number of rotatable bonds is 4. The van der Waals surface area contributed by atoms with Crippen LogP contribution in [0.1, 0.15) is 48.8 Å². The lowest BCUT2D eigenvalue weighted by Crippen LogP contribution is -2.43. The van der Waals surface area contributed by atoms with E-state index in [0.29, 0.717) is 24.7 Å². The number of hydrogen-bond acceptors (Lipinski definition) is 4. The first-order chi connectivity index (χ1) is 14.6. The van der Waals surface area contributed by atoms with Gasteiger partial charge in [0.25, 0.3) is 0 Å². The molecule has 31 heavy (non-hydrogen) atoms. The molecule has 0 spiro atoms. The van der Waals surface area contributed by atoms with E-state index >= 15 is 0 Å². The highest BCUT2D eigenvalue weighted by molar-refractivity contribution is 5.80. The Morgan fingerprint density at radius 1 is 1.10 bits per heavy atom. The van der Waals surface area contributed by atoms with Crippen molar-refractivity contribution in [3.63, 3.8) is 0 Å². The van der Waals surface area contributed by atoms with Crippen molar-refractivity contribution in [1.82, 2.24) is 10.2 Å². The van der Waals surface area contributed by atoms with Gasteiger partial charge < -0.3 is 20.4 Å². The number of carbonyl (C=O) groups is 2. The average Bonchev–Trinajstić information content (AvgIpc) is 3.32. The molecule has 3 fully saturated rings. The Hall–Kier alpha value is -2.13. The SMILES string of the molecule is O=C(N[C@@H]1c2ccccc2[C@@H]2CN(CC3CC3)C[C@H]12)C1CC(O)C1.O=C(O)C(F)(F)F. The molecule has 1 saturated heterocycles. The minimum atomic E-state index is -5.08. The minimum absolute atomic E-state index is 0.00943. The molecule has 6 nitrogen and oxygen atoms in total. The molecular weight excluding hydrogens is 413 g/mol. The van der Waals surface area contributed by atoms with Gasteiger partial charge in [-0.1, -0.05) is 24.3 Å². The summed E-state index contributed by atoms with van der Waals surface area (Å²) in [4.78, 5) is 24.1. The highest BCUT2D eigenvalue weighted by Gasteiger charge is 2.48. The Morgan fingerprint density at radius 2 is 1.71 bits per heavy atom. The van der Waals surface area contributed by atoms with Gasteiger partial charge >= 0.3 is 12.1 Å². The van der Waals surface area contributed by atoms with E-state index in [9.17, 15) is 23.1 Å². The van der Waals surface area contributed by atoms with Crippen molar-refractivity contribution in [2.45, 2.75) is 49.9 Å². The third kappa shape index (κ3) is 4.87. The number of fused-ring (bicyclic) bond motifs is 3. The molecule has 1 aliphatic heterocycles. The molecule has 170 valence electrons. The van der Waals surface area contributed by atoms with Gasteiger partial charge in [0.05, 0.1) is 12.1 Å². The largest absolute Gasteiger partial charge is 0.490 e. The summed E-state index contributed by atoms with van der Waals surface area (Å²) in [7, 11) is 0. The molecule has 1 aromatic rings. The number of carboxylic acids is 1. The second-order valence-corrected chi connectivity index (χ2v) is 9.17. The van der Waals surface area contributed by atoms with Gasteiger partial charge in [0.1, 0.15) is 0 Å². The van der Waals surface area contributed by atoms with Crippen molar-refractivity contribution in [2.75, 3.05) is 19.6 Å². The zero-order valence-corrected chi connectivity index (χ0v) is 17.0. The third-order valence-electron chi connectivity index (χ3n) is 6.84. The fraction of sp³-hybridized carbons (Fsp3) is 0.636. The molecule has 1 aromatic carbocycles. The van der Waals surface area contributed by atoms with Crippen LogP contribution in [0.15, 0.2) is 24.3 Å². The van der Waals surface area contributed by atoms with Gasteiger partial charge in [-0.05, 0) is 42.7 Å². The number of nitrogens with zero attached hydrogens (tertiary/aromatic N) is 1. The summed E-state index contributed by atoms with van der Waals surface area (Å²) in [5.74, 6) is -0.611. The molecule has 3 N–H and O–H groups in total. The highest BCUT2D eigenvalue weighted by Crippen LogP contribution is 2.50. The van der Waals surface area contributed by atoms with Crippen molar-refractivity contribution < 1.29 is 33.0 Å². The Bertz CT molecular complexity index is 836. The van der Waals surface area contributed by atoms with Crippen molar-refractivity contribution >= 4 is 11.9 Å². The molecule has 5 rings (SSSR count). The molecule has 4 aliphatic rings. The zero-order valence-electron chi connectivity index (χ0n) is 17.0. The van der Waals surface area contributed by atoms with Crippen LogP contribution in [0.4, 0.5) is 13.2 Å². The van der Waals surface area contributed by atoms with Crippen molar-refractivity contribution in [1.29, 1.82) is 0 Å². The van der Waals surface area contributed by atoms with Crippen LogP contribution in [0.3, 0.4) is 0 Å². The Morgan fingerprint density at radius 3 is 2.26 bits per heavy atom. The second-order valence-electron chi connectivity index (χ2n) is 9.17. The van der Waals surface area contributed by atoms with Gasteiger partial charge in [-0.2, -0.15) is 13.2 Å². The summed E-state index contributed by atoms with van der Waals surface area (Å²) < 4.78 is 31.7. The van der Waals surface area contributed by atoms with Crippen LogP contribution in [-0.4, -0.2) is 58.9 Å². The fourth-order valence-electron chi connectivity index (χ4n) is 5.02. The summed E-state index contributed by atoms with van der Waals surface area (Å²) in [6.45, 7) is 3.49. The van der Waals surface area contributed by atoms with E-state index in [2.05, 4.69) is 34.5 Å². The lowest BCUT2D eigenvalue weighted by atomic mass is 9.81. The molecule has 9 heteroatoms. The Kier molecular flexibility index (Phi) is 6.00. The second kappa shape index (κ2) is 8.43. The molecule has 1 heterocycles. The average molecular weight is 440 g/mol. The number of aliphatic hydroxyl groups excluding tert-OH is 1. The standard InChI is InChI=1S/C20H26N2O2.C2HF3O2/c23-14-7-13(8-14)20(24)21-19-16-4-2-1-3-15(16)17-10-22(11-18(17)19)9-12-5-6-12;3-2(4,5)1(6)7/h1-4,12-14,17-19,23H,5-11H2,(H,21,24);(H,6,7)/t13?,14?,17-,18-,19+;/m0./s1. The van der Waals surface area contributed by atoms with Crippen LogP contribution in [-0.2, 0) is 9.59 Å². The van der Waals surface area contributed by atoms with Crippen molar-refractivity contribution in [3.05, 3.63) is 35.4 Å². The van der Waals surface area contributed by atoms with E-state index < -0.39 is 12.1 Å². The molecule has 2 saturated carbocycles. The van der Waals surface area contributed by atoms with E-state index in [1.807, 2.05) is 0 Å².